The van der Waals surface area contributed by atoms with Crippen LogP contribution in [0.4, 0.5) is 0 Å². The van der Waals surface area contributed by atoms with Crippen LogP contribution in [-0.4, -0.2) is 33.7 Å². The van der Waals surface area contributed by atoms with Crippen molar-refractivity contribution in [2.24, 2.45) is 0 Å². The van der Waals surface area contributed by atoms with Crippen molar-refractivity contribution in [1.82, 2.24) is 9.88 Å². The van der Waals surface area contributed by atoms with E-state index in [1.54, 1.807) is 23.2 Å². The highest BCUT2D eigenvalue weighted by molar-refractivity contribution is 6.16. The number of carbonyl (C=O) groups is 2. The molecule has 1 N–H and O–H groups in total. The zero-order valence-corrected chi connectivity index (χ0v) is 9.53. The molecule has 0 aliphatic carbocycles. The SMILES string of the molecule is C=CCC12CCCN1C(=O)c1[nH]ccc1C2=O. The van der Waals surface area contributed by atoms with Crippen molar-refractivity contribution in [3.8, 4) is 0 Å². The van der Waals surface area contributed by atoms with E-state index in [9.17, 15) is 9.59 Å². The van der Waals surface area contributed by atoms with Gasteiger partial charge in [0.15, 0.2) is 5.78 Å². The van der Waals surface area contributed by atoms with E-state index in [-0.39, 0.29) is 11.7 Å². The van der Waals surface area contributed by atoms with Crippen LogP contribution in [0.1, 0.15) is 40.1 Å². The zero-order chi connectivity index (χ0) is 12.0. The van der Waals surface area contributed by atoms with Gasteiger partial charge in [0, 0.05) is 12.7 Å². The van der Waals surface area contributed by atoms with Crippen LogP contribution in [0.3, 0.4) is 0 Å². The van der Waals surface area contributed by atoms with Gasteiger partial charge in [-0.2, -0.15) is 0 Å². The number of fused-ring (bicyclic) bond motifs is 2. The Morgan fingerprint density at radius 2 is 2.35 bits per heavy atom. The molecule has 0 aromatic carbocycles. The Hall–Kier alpha value is -1.84. The highest BCUT2D eigenvalue weighted by Gasteiger charge is 2.53. The first-order valence-corrected chi connectivity index (χ1v) is 5.86. The first-order valence-electron chi connectivity index (χ1n) is 5.86. The van der Waals surface area contributed by atoms with Gasteiger partial charge in [0.05, 0.1) is 5.56 Å². The molecule has 0 saturated carbocycles. The number of ketones is 1. The predicted molar refractivity (Wildman–Crippen MR) is 62.9 cm³/mol. The minimum absolute atomic E-state index is 0.0519. The van der Waals surface area contributed by atoms with Gasteiger partial charge in [0.2, 0.25) is 0 Å². The first kappa shape index (κ1) is 10.3. The lowest BCUT2D eigenvalue weighted by Crippen LogP contribution is -2.56. The molecule has 1 amide bonds. The van der Waals surface area contributed by atoms with Crippen molar-refractivity contribution in [3.05, 3.63) is 36.2 Å². The summed E-state index contributed by atoms with van der Waals surface area (Å²) in [6.45, 7) is 4.38. The second kappa shape index (κ2) is 3.32. The summed E-state index contributed by atoms with van der Waals surface area (Å²) in [5.74, 6) is 0.00898. The van der Waals surface area contributed by atoms with Crippen LogP contribution in [0.2, 0.25) is 0 Å². The molecule has 4 heteroatoms. The number of H-pyrrole nitrogens is 1. The number of aromatic amines is 1. The smallest absolute Gasteiger partial charge is 0.271 e. The van der Waals surface area contributed by atoms with Gasteiger partial charge in [0.1, 0.15) is 11.2 Å². The molecule has 0 bridgehead atoms. The molecule has 3 heterocycles. The van der Waals surface area contributed by atoms with Crippen molar-refractivity contribution < 1.29 is 9.59 Å². The molecule has 4 nitrogen and oxygen atoms in total. The van der Waals surface area contributed by atoms with Gasteiger partial charge in [-0.3, -0.25) is 9.59 Å². The van der Waals surface area contributed by atoms with Crippen LogP contribution in [0.25, 0.3) is 0 Å². The third kappa shape index (κ3) is 1.12. The van der Waals surface area contributed by atoms with Crippen LogP contribution < -0.4 is 0 Å². The summed E-state index contributed by atoms with van der Waals surface area (Å²) in [7, 11) is 0. The molecule has 1 aromatic heterocycles. The fourth-order valence-corrected chi connectivity index (χ4v) is 3.08. The van der Waals surface area contributed by atoms with Gasteiger partial charge in [-0.05, 0) is 25.3 Å². The molecular weight excluding hydrogens is 216 g/mol. The van der Waals surface area contributed by atoms with Crippen LogP contribution in [-0.2, 0) is 0 Å². The molecular formula is C13H14N2O2. The number of nitrogens with one attached hydrogen (secondary N) is 1. The van der Waals surface area contributed by atoms with E-state index in [1.807, 2.05) is 0 Å². The van der Waals surface area contributed by atoms with Crippen LogP contribution in [0.5, 0.6) is 0 Å². The Labute approximate surface area is 99.3 Å². The molecule has 3 rings (SSSR count). The fourth-order valence-electron chi connectivity index (χ4n) is 3.08. The highest BCUT2D eigenvalue weighted by Crippen LogP contribution is 2.40. The average Bonchev–Trinajstić information content (AvgIpc) is 2.93. The molecule has 1 saturated heterocycles. The monoisotopic (exact) mass is 230 g/mol. The maximum absolute atomic E-state index is 12.6. The molecule has 1 atom stereocenters. The maximum Gasteiger partial charge on any atom is 0.271 e. The third-order valence-corrected chi connectivity index (χ3v) is 3.84. The van der Waals surface area contributed by atoms with Crippen molar-refractivity contribution >= 4 is 11.7 Å². The maximum atomic E-state index is 12.6. The standard InChI is InChI=1S/C13H14N2O2/c1-2-5-13-6-3-8-15(13)12(17)10-9(11(13)16)4-7-14-10/h2,4,7,14H,1,3,5-6,8H2. The summed E-state index contributed by atoms with van der Waals surface area (Å²) in [5, 5.41) is 0. The Morgan fingerprint density at radius 1 is 1.53 bits per heavy atom. The van der Waals surface area contributed by atoms with Crippen molar-refractivity contribution in [1.29, 1.82) is 0 Å². The van der Waals surface area contributed by atoms with E-state index >= 15 is 0 Å². The third-order valence-electron chi connectivity index (χ3n) is 3.84. The average molecular weight is 230 g/mol. The topological polar surface area (TPSA) is 53.2 Å². The molecule has 2 aliphatic rings. The highest BCUT2D eigenvalue weighted by atomic mass is 16.2. The molecule has 0 radical (unpaired) electrons. The summed E-state index contributed by atoms with van der Waals surface area (Å²) < 4.78 is 0. The van der Waals surface area contributed by atoms with Gasteiger partial charge in [-0.15, -0.1) is 6.58 Å². The van der Waals surface area contributed by atoms with E-state index in [2.05, 4.69) is 11.6 Å². The summed E-state index contributed by atoms with van der Waals surface area (Å²) in [5.41, 5.74) is 0.320. The number of aromatic nitrogens is 1. The largest absolute Gasteiger partial charge is 0.357 e. The molecule has 88 valence electrons. The van der Waals surface area contributed by atoms with Crippen LogP contribution in [0.15, 0.2) is 24.9 Å². The number of carbonyl (C=O) groups excluding carboxylic acids is 2. The second-order valence-electron chi connectivity index (χ2n) is 4.68. The molecule has 1 aromatic rings. The van der Waals surface area contributed by atoms with Gasteiger partial charge in [-0.25, -0.2) is 0 Å². The molecule has 0 spiro atoms. The first-order chi connectivity index (χ1) is 8.20. The van der Waals surface area contributed by atoms with Crippen molar-refractivity contribution in [3.63, 3.8) is 0 Å². The number of hydrogen-bond donors (Lipinski definition) is 1. The Morgan fingerprint density at radius 3 is 3.12 bits per heavy atom. The molecule has 1 fully saturated rings. The lowest BCUT2D eigenvalue weighted by molar-refractivity contribution is 0.0471. The molecule has 2 aliphatic heterocycles. The summed E-state index contributed by atoms with van der Waals surface area (Å²) in [4.78, 5) is 29.4. The minimum Gasteiger partial charge on any atom is -0.357 e. The van der Waals surface area contributed by atoms with Gasteiger partial charge < -0.3 is 9.88 Å². The predicted octanol–water partition coefficient (Wildman–Crippen LogP) is 1.76. The van der Waals surface area contributed by atoms with Crippen molar-refractivity contribution in [2.75, 3.05) is 6.54 Å². The minimum atomic E-state index is -0.659. The Bertz CT molecular complexity index is 517. The number of amides is 1. The van der Waals surface area contributed by atoms with Gasteiger partial charge in [-0.1, -0.05) is 6.08 Å². The van der Waals surface area contributed by atoms with Gasteiger partial charge in [0.25, 0.3) is 5.91 Å². The lowest BCUT2D eigenvalue weighted by Gasteiger charge is -2.39. The van der Waals surface area contributed by atoms with E-state index in [0.29, 0.717) is 24.2 Å². The zero-order valence-electron chi connectivity index (χ0n) is 9.53. The lowest BCUT2D eigenvalue weighted by atomic mass is 9.81. The quantitative estimate of drug-likeness (QED) is 0.787. The summed E-state index contributed by atoms with van der Waals surface area (Å²) in [6, 6.07) is 1.70. The number of rotatable bonds is 2. The van der Waals surface area contributed by atoms with E-state index in [1.165, 1.54) is 0 Å². The fraction of sp³-hybridized carbons (Fsp3) is 0.385. The summed E-state index contributed by atoms with van der Waals surface area (Å²) in [6.07, 6.45) is 5.57. The number of Topliss-reactive ketones (excluding diaryl/α,β-unsaturated/α-hetero) is 1. The second-order valence-corrected chi connectivity index (χ2v) is 4.68. The van der Waals surface area contributed by atoms with E-state index in [4.69, 9.17) is 0 Å². The molecule has 1 unspecified atom stereocenters. The Balaban J connectivity index is 2.19. The van der Waals surface area contributed by atoms with Crippen LogP contribution in [0, 0.1) is 0 Å². The molecule has 17 heavy (non-hydrogen) atoms. The van der Waals surface area contributed by atoms with Crippen LogP contribution >= 0.6 is 0 Å². The van der Waals surface area contributed by atoms with E-state index in [0.717, 1.165) is 12.8 Å². The number of hydrogen-bond acceptors (Lipinski definition) is 2. The Kier molecular flexibility index (Phi) is 2.02. The van der Waals surface area contributed by atoms with Crippen molar-refractivity contribution in [2.45, 2.75) is 24.8 Å². The summed E-state index contributed by atoms with van der Waals surface area (Å²) >= 11 is 0. The number of nitrogens with zero attached hydrogens (tertiary/aromatic N) is 1. The normalized spacial score (nSPS) is 26.9. The van der Waals surface area contributed by atoms with Gasteiger partial charge >= 0.3 is 0 Å². The van der Waals surface area contributed by atoms with E-state index < -0.39 is 5.54 Å².